The smallest absolute Gasteiger partial charge is 0.239 e. The van der Waals surface area contributed by atoms with E-state index in [4.69, 9.17) is 0 Å². The van der Waals surface area contributed by atoms with Gasteiger partial charge in [-0.25, -0.2) is 0 Å². The van der Waals surface area contributed by atoms with Gasteiger partial charge in [0.1, 0.15) is 5.92 Å². The molecule has 1 aromatic rings. The van der Waals surface area contributed by atoms with Crippen molar-refractivity contribution in [2.45, 2.75) is 45.4 Å². The van der Waals surface area contributed by atoms with Crippen LogP contribution in [-0.2, 0) is 16.0 Å². The molecule has 142 valence electrons. The molecule has 0 aromatic heterocycles. The van der Waals surface area contributed by atoms with Crippen molar-refractivity contribution in [3.63, 3.8) is 0 Å². The van der Waals surface area contributed by atoms with Crippen LogP contribution in [0.3, 0.4) is 0 Å². The van der Waals surface area contributed by atoms with E-state index < -0.39 is 5.92 Å². The lowest BCUT2D eigenvalue weighted by molar-refractivity contribution is -0.132. The molecule has 2 amide bonds. The number of amides is 2. The van der Waals surface area contributed by atoms with Crippen molar-refractivity contribution in [2.75, 3.05) is 37.6 Å². The van der Waals surface area contributed by atoms with Gasteiger partial charge in [-0.3, -0.25) is 9.59 Å². The molecule has 2 aliphatic heterocycles. The summed E-state index contributed by atoms with van der Waals surface area (Å²) in [6, 6.07) is 8.07. The lowest BCUT2D eigenvalue weighted by Gasteiger charge is -2.26. The number of piperidine rings is 1. The number of anilines is 1. The third kappa shape index (κ3) is 4.64. The first kappa shape index (κ1) is 18.9. The largest absolute Gasteiger partial charge is 0.355 e. The van der Waals surface area contributed by atoms with E-state index in [1.165, 1.54) is 37.9 Å². The number of rotatable bonds is 7. The van der Waals surface area contributed by atoms with Crippen molar-refractivity contribution in [3.8, 4) is 0 Å². The summed E-state index contributed by atoms with van der Waals surface area (Å²) in [5.41, 5.74) is 2.15. The van der Waals surface area contributed by atoms with Crippen LogP contribution in [0.2, 0.25) is 0 Å². The molecule has 26 heavy (non-hydrogen) atoms. The maximum atomic E-state index is 12.6. The molecule has 0 bridgehead atoms. The molecule has 3 rings (SSSR count). The molecule has 1 N–H and O–H groups in total. The van der Waals surface area contributed by atoms with Crippen molar-refractivity contribution in [2.24, 2.45) is 5.92 Å². The fourth-order valence-electron chi connectivity index (χ4n) is 3.91. The molecule has 2 heterocycles. The van der Waals surface area contributed by atoms with Gasteiger partial charge >= 0.3 is 0 Å². The summed E-state index contributed by atoms with van der Waals surface area (Å²) in [4.78, 5) is 29.3. The Morgan fingerprint density at radius 3 is 2.54 bits per heavy atom. The molecule has 2 aliphatic rings. The Balaban J connectivity index is 1.43. The second-order valence-electron chi connectivity index (χ2n) is 7.40. The zero-order valence-corrected chi connectivity index (χ0v) is 15.9. The minimum Gasteiger partial charge on any atom is -0.355 e. The zero-order chi connectivity index (χ0) is 18.4. The fourth-order valence-corrected chi connectivity index (χ4v) is 3.91. The number of likely N-dealkylation sites (tertiary alicyclic amines) is 1. The van der Waals surface area contributed by atoms with Crippen molar-refractivity contribution < 1.29 is 9.59 Å². The summed E-state index contributed by atoms with van der Waals surface area (Å²) in [7, 11) is 0. The Labute approximate surface area is 156 Å². The van der Waals surface area contributed by atoms with Gasteiger partial charge in [0.25, 0.3) is 0 Å². The highest BCUT2D eigenvalue weighted by Crippen LogP contribution is 2.25. The summed E-state index contributed by atoms with van der Waals surface area (Å²) in [5.74, 6) is -0.708. The maximum absolute atomic E-state index is 12.6. The topological polar surface area (TPSA) is 52.7 Å². The van der Waals surface area contributed by atoms with Crippen molar-refractivity contribution in [3.05, 3.63) is 29.8 Å². The van der Waals surface area contributed by atoms with Crippen molar-refractivity contribution in [1.82, 2.24) is 10.2 Å². The van der Waals surface area contributed by atoms with Gasteiger partial charge in [-0.15, -0.1) is 0 Å². The van der Waals surface area contributed by atoms with E-state index >= 15 is 0 Å². The lowest BCUT2D eigenvalue weighted by Crippen LogP contribution is -2.38. The number of hydrogen-bond donors (Lipinski definition) is 1. The number of aryl methyl sites for hydroxylation is 1. The highest BCUT2D eigenvalue weighted by Gasteiger charge is 2.37. The standard InChI is InChI=1S/C21H31N3O2/c1-2-17-7-9-18(10-8-17)24-16-11-19(21(24)26)20(25)22-12-6-15-23-13-4-3-5-14-23/h7-10,19H,2-6,11-16H2,1H3,(H,22,25)/t19-/m1/s1. The van der Waals surface area contributed by atoms with Gasteiger partial charge in [-0.05, 0) is 69.4 Å². The van der Waals surface area contributed by atoms with E-state index in [1.54, 1.807) is 4.90 Å². The van der Waals surface area contributed by atoms with Crippen LogP contribution in [0.25, 0.3) is 0 Å². The van der Waals surface area contributed by atoms with Gasteiger partial charge in [-0.2, -0.15) is 0 Å². The quantitative estimate of drug-likeness (QED) is 0.603. The van der Waals surface area contributed by atoms with E-state index in [0.717, 1.165) is 25.1 Å². The van der Waals surface area contributed by atoms with E-state index in [0.29, 0.717) is 19.5 Å². The zero-order valence-electron chi connectivity index (χ0n) is 15.9. The first-order valence-electron chi connectivity index (χ1n) is 10.1. The highest BCUT2D eigenvalue weighted by atomic mass is 16.2. The van der Waals surface area contributed by atoms with Crippen molar-refractivity contribution >= 4 is 17.5 Å². The predicted molar refractivity (Wildman–Crippen MR) is 104 cm³/mol. The summed E-state index contributed by atoms with van der Waals surface area (Å²) >= 11 is 0. The predicted octanol–water partition coefficient (Wildman–Crippen LogP) is 2.59. The molecule has 5 heteroatoms. The summed E-state index contributed by atoms with van der Waals surface area (Å²) in [6.07, 6.45) is 6.46. The Morgan fingerprint density at radius 2 is 1.85 bits per heavy atom. The number of carbonyl (C=O) groups is 2. The molecule has 1 atom stereocenters. The average Bonchev–Trinajstić information content (AvgIpc) is 3.07. The molecular formula is C21H31N3O2. The van der Waals surface area contributed by atoms with Gasteiger partial charge in [0.2, 0.25) is 11.8 Å². The fraction of sp³-hybridized carbons (Fsp3) is 0.619. The highest BCUT2D eigenvalue weighted by molar-refractivity contribution is 6.09. The third-order valence-electron chi connectivity index (χ3n) is 5.58. The maximum Gasteiger partial charge on any atom is 0.239 e. The molecule has 5 nitrogen and oxygen atoms in total. The van der Waals surface area contributed by atoms with E-state index in [-0.39, 0.29) is 11.8 Å². The number of benzene rings is 1. The van der Waals surface area contributed by atoms with Gasteiger partial charge < -0.3 is 15.1 Å². The molecule has 1 aromatic carbocycles. The molecule has 0 radical (unpaired) electrons. The van der Waals surface area contributed by atoms with Crippen LogP contribution in [-0.4, -0.2) is 49.4 Å². The molecule has 0 saturated carbocycles. The molecule has 0 spiro atoms. The Morgan fingerprint density at radius 1 is 1.12 bits per heavy atom. The van der Waals surface area contributed by atoms with Crippen LogP contribution in [0.5, 0.6) is 0 Å². The van der Waals surface area contributed by atoms with E-state index in [1.807, 2.05) is 12.1 Å². The molecule has 0 aliphatic carbocycles. The third-order valence-corrected chi connectivity index (χ3v) is 5.58. The minimum atomic E-state index is -0.532. The van der Waals surface area contributed by atoms with Crippen LogP contribution in [0.1, 0.15) is 44.6 Å². The molecule has 0 unspecified atom stereocenters. The van der Waals surface area contributed by atoms with Crippen LogP contribution in [0.15, 0.2) is 24.3 Å². The number of nitrogens with zero attached hydrogens (tertiary/aromatic N) is 2. The summed E-state index contributed by atoms with van der Waals surface area (Å²) in [5, 5.41) is 2.97. The molecule has 2 fully saturated rings. The molecule has 2 saturated heterocycles. The van der Waals surface area contributed by atoms with Gasteiger partial charge in [-0.1, -0.05) is 25.5 Å². The van der Waals surface area contributed by atoms with Crippen molar-refractivity contribution in [1.29, 1.82) is 0 Å². The average molecular weight is 357 g/mol. The van der Waals surface area contributed by atoms with Gasteiger partial charge in [0.05, 0.1) is 0 Å². The second-order valence-corrected chi connectivity index (χ2v) is 7.40. The monoisotopic (exact) mass is 357 g/mol. The first-order valence-corrected chi connectivity index (χ1v) is 10.1. The van der Waals surface area contributed by atoms with Crippen LogP contribution < -0.4 is 10.2 Å². The van der Waals surface area contributed by atoms with Gasteiger partial charge in [0.15, 0.2) is 0 Å². The van der Waals surface area contributed by atoms with Crippen LogP contribution in [0.4, 0.5) is 5.69 Å². The second kappa shape index (κ2) is 9.17. The normalized spacial score (nSPS) is 21.2. The van der Waals surface area contributed by atoms with E-state index in [9.17, 15) is 9.59 Å². The Bertz CT molecular complexity index is 608. The van der Waals surface area contributed by atoms with Crippen LogP contribution >= 0.6 is 0 Å². The van der Waals surface area contributed by atoms with E-state index in [2.05, 4.69) is 29.3 Å². The molecular weight excluding hydrogens is 326 g/mol. The lowest BCUT2D eigenvalue weighted by atomic mass is 10.1. The number of hydrogen-bond acceptors (Lipinski definition) is 3. The SMILES string of the molecule is CCc1ccc(N2CC[C@H](C(=O)NCCCN3CCCCC3)C2=O)cc1. The Hall–Kier alpha value is -1.88. The first-order chi connectivity index (χ1) is 12.7. The number of nitrogens with one attached hydrogen (secondary N) is 1. The minimum absolute atomic E-state index is 0.0669. The number of carbonyl (C=O) groups excluding carboxylic acids is 2. The summed E-state index contributed by atoms with van der Waals surface area (Å²) in [6.45, 7) is 6.79. The van der Waals surface area contributed by atoms with Gasteiger partial charge in [0, 0.05) is 18.8 Å². The Kier molecular flexibility index (Phi) is 6.67. The summed E-state index contributed by atoms with van der Waals surface area (Å²) < 4.78 is 0. The van der Waals surface area contributed by atoms with Crippen LogP contribution in [0, 0.1) is 5.92 Å².